The standard InChI is InChI=1S/C16H30N2O3/c1-12-10-14(11-13(2)21-12)18-16(19)17-8-5-7-15-6-3-4-9-20-15/h12-15H,3-11H2,1-2H3,(H2,17,18,19)/t12-,13-,15+/m1/s1. The van der Waals surface area contributed by atoms with Crippen molar-refractivity contribution in [3.05, 3.63) is 0 Å². The molecule has 0 spiro atoms. The number of hydrogen-bond donors (Lipinski definition) is 2. The van der Waals surface area contributed by atoms with Gasteiger partial charge in [0.1, 0.15) is 0 Å². The number of amides is 2. The molecule has 5 nitrogen and oxygen atoms in total. The highest BCUT2D eigenvalue weighted by Crippen LogP contribution is 2.19. The lowest BCUT2D eigenvalue weighted by atomic mass is 10.0. The van der Waals surface area contributed by atoms with Crippen LogP contribution < -0.4 is 10.6 Å². The van der Waals surface area contributed by atoms with E-state index in [2.05, 4.69) is 24.5 Å². The molecule has 0 aromatic heterocycles. The van der Waals surface area contributed by atoms with Gasteiger partial charge in [-0.1, -0.05) is 0 Å². The minimum atomic E-state index is -0.0501. The van der Waals surface area contributed by atoms with Crippen molar-refractivity contribution in [2.75, 3.05) is 13.2 Å². The van der Waals surface area contributed by atoms with Crippen LogP contribution in [0.4, 0.5) is 4.79 Å². The van der Waals surface area contributed by atoms with E-state index in [1.807, 2.05) is 0 Å². The quantitative estimate of drug-likeness (QED) is 0.767. The van der Waals surface area contributed by atoms with E-state index in [0.29, 0.717) is 6.10 Å². The van der Waals surface area contributed by atoms with Crippen LogP contribution in [0.1, 0.15) is 58.8 Å². The molecule has 2 fully saturated rings. The maximum Gasteiger partial charge on any atom is 0.315 e. The Balaban J connectivity index is 1.54. The molecule has 2 heterocycles. The largest absolute Gasteiger partial charge is 0.378 e. The van der Waals surface area contributed by atoms with Gasteiger partial charge in [-0.25, -0.2) is 4.79 Å². The lowest BCUT2D eigenvalue weighted by Crippen LogP contribution is -2.47. The van der Waals surface area contributed by atoms with Crippen molar-refractivity contribution >= 4 is 6.03 Å². The van der Waals surface area contributed by atoms with Gasteiger partial charge in [0.25, 0.3) is 0 Å². The average molecular weight is 298 g/mol. The lowest BCUT2D eigenvalue weighted by molar-refractivity contribution is -0.0402. The fourth-order valence-corrected chi connectivity index (χ4v) is 3.33. The van der Waals surface area contributed by atoms with Gasteiger partial charge in [0.05, 0.1) is 18.3 Å². The third kappa shape index (κ3) is 6.22. The summed E-state index contributed by atoms with van der Waals surface area (Å²) in [6, 6.07) is 0.177. The zero-order chi connectivity index (χ0) is 15.1. The van der Waals surface area contributed by atoms with Gasteiger partial charge in [-0.05, 0) is 58.8 Å². The molecule has 0 aromatic carbocycles. The van der Waals surface area contributed by atoms with Gasteiger partial charge in [-0.3, -0.25) is 0 Å². The van der Waals surface area contributed by atoms with E-state index >= 15 is 0 Å². The molecule has 0 bridgehead atoms. The van der Waals surface area contributed by atoms with Crippen LogP contribution in [-0.4, -0.2) is 43.5 Å². The molecule has 2 N–H and O–H groups in total. The third-order valence-electron chi connectivity index (χ3n) is 4.30. The van der Waals surface area contributed by atoms with Crippen LogP contribution >= 0.6 is 0 Å². The molecule has 122 valence electrons. The molecule has 2 aliphatic heterocycles. The summed E-state index contributed by atoms with van der Waals surface area (Å²) in [6.45, 7) is 5.75. The molecule has 2 rings (SSSR count). The van der Waals surface area contributed by atoms with Crippen LogP contribution in [0.3, 0.4) is 0 Å². The molecule has 2 saturated heterocycles. The summed E-state index contributed by atoms with van der Waals surface area (Å²) in [4.78, 5) is 11.9. The Bertz CT molecular complexity index is 309. The molecule has 0 saturated carbocycles. The van der Waals surface area contributed by atoms with Crippen molar-refractivity contribution in [3.63, 3.8) is 0 Å². The first kappa shape index (κ1) is 16.6. The van der Waals surface area contributed by atoms with Crippen molar-refractivity contribution in [1.29, 1.82) is 0 Å². The van der Waals surface area contributed by atoms with E-state index < -0.39 is 0 Å². The minimum Gasteiger partial charge on any atom is -0.378 e. The summed E-state index contributed by atoms with van der Waals surface area (Å²) in [5, 5.41) is 6.01. The SMILES string of the molecule is C[C@@H]1CC(NC(=O)NCCC[C@@H]2CCCCO2)C[C@@H](C)O1. The fourth-order valence-electron chi connectivity index (χ4n) is 3.33. The molecule has 21 heavy (non-hydrogen) atoms. The normalized spacial score (nSPS) is 33.4. The molecule has 3 atom stereocenters. The van der Waals surface area contributed by atoms with Crippen LogP contribution in [0.15, 0.2) is 0 Å². The summed E-state index contributed by atoms with van der Waals surface area (Å²) < 4.78 is 11.4. The highest BCUT2D eigenvalue weighted by Gasteiger charge is 2.25. The van der Waals surface area contributed by atoms with E-state index in [1.54, 1.807) is 0 Å². The number of carbonyl (C=O) groups excluding carboxylic acids is 1. The van der Waals surface area contributed by atoms with Crippen molar-refractivity contribution in [2.24, 2.45) is 0 Å². The predicted octanol–water partition coefficient (Wildman–Crippen LogP) is 2.59. The van der Waals surface area contributed by atoms with Gasteiger partial charge < -0.3 is 20.1 Å². The second-order valence-electron chi connectivity index (χ2n) is 6.46. The Morgan fingerprint density at radius 2 is 1.95 bits per heavy atom. The smallest absolute Gasteiger partial charge is 0.315 e. The molecule has 2 aliphatic rings. The first-order valence-corrected chi connectivity index (χ1v) is 8.45. The topological polar surface area (TPSA) is 59.6 Å². The Labute approximate surface area is 128 Å². The number of urea groups is 1. The highest BCUT2D eigenvalue weighted by molar-refractivity contribution is 5.74. The van der Waals surface area contributed by atoms with E-state index in [4.69, 9.17) is 9.47 Å². The maximum atomic E-state index is 11.9. The molecule has 0 aromatic rings. The van der Waals surface area contributed by atoms with Crippen molar-refractivity contribution in [1.82, 2.24) is 10.6 Å². The number of hydrogen-bond acceptors (Lipinski definition) is 3. The average Bonchev–Trinajstić information content (AvgIpc) is 2.43. The molecule has 5 heteroatoms. The number of nitrogens with one attached hydrogen (secondary N) is 2. The molecule has 0 unspecified atom stereocenters. The molecule has 2 amide bonds. The molecular formula is C16H30N2O3. The Morgan fingerprint density at radius 1 is 1.19 bits per heavy atom. The van der Waals surface area contributed by atoms with E-state index in [9.17, 15) is 4.79 Å². The number of ether oxygens (including phenoxy) is 2. The van der Waals surface area contributed by atoms with Crippen LogP contribution in [0, 0.1) is 0 Å². The van der Waals surface area contributed by atoms with Crippen molar-refractivity contribution in [2.45, 2.75) is 83.1 Å². The zero-order valence-electron chi connectivity index (χ0n) is 13.4. The lowest BCUT2D eigenvalue weighted by Gasteiger charge is -2.32. The third-order valence-corrected chi connectivity index (χ3v) is 4.30. The monoisotopic (exact) mass is 298 g/mol. The van der Waals surface area contributed by atoms with E-state index in [1.165, 1.54) is 19.3 Å². The number of rotatable bonds is 5. The summed E-state index contributed by atoms with van der Waals surface area (Å²) in [7, 11) is 0. The van der Waals surface area contributed by atoms with Gasteiger partial charge in [0.15, 0.2) is 0 Å². The second-order valence-corrected chi connectivity index (χ2v) is 6.46. The molecule has 0 aliphatic carbocycles. The van der Waals surface area contributed by atoms with Gasteiger partial charge >= 0.3 is 6.03 Å². The zero-order valence-corrected chi connectivity index (χ0v) is 13.4. The van der Waals surface area contributed by atoms with E-state index in [-0.39, 0.29) is 24.3 Å². The fraction of sp³-hybridized carbons (Fsp3) is 0.938. The summed E-state index contributed by atoms with van der Waals surface area (Å²) in [5.74, 6) is 0. The van der Waals surface area contributed by atoms with Crippen LogP contribution in [0.2, 0.25) is 0 Å². The molecular weight excluding hydrogens is 268 g/mol. The Kier molecular flexibility index (Phi) is 6.77. The summed E-state index contributed by atoms with van der Waals surface area (Å²) >= 11 is 0. The predicted molar refractivity (Wildman–Crippen MR) is 82.4 cm³/mol. The van der Waals surface area contributed by atoms with Crippen molar-refractivity contribution in [3.8, 4) is 0 Å². The van der Waals surface area contributed by atoms with Crippen LogP contribution in [0.25, 0.3) is 0 Å². The van der Waals surface area contributed by atoms with E-state index in [0.717, 1.165) is 38.8 Å². The summed E-state index contributed by atoms with van der Waals surface area (Å²) in [5.41, 5.74) is 0. The van der Waals surface area contributed by atoms with Crippen LogP contribution in [-0.2, 0) is 9.47 Å². The Hall–Kier alpha value is -0.810. The van der Waals surface area contributed by atoms with Gasteiger partial charge in [0.2, 0.25) is 0 Å². The highest BCUT2D eigenvalue weighted by atomic mass is 16.5. The first-order valence-electron chi connectivity index (χ1n) is 8.45. The van der Waals surface area contributed by atoms with Gasteiger partial charge in [-0.15, -0.1) is 0 Å². The number of carbonyl (C=O) groups is 1. The second kappa shape index (κ2) is 8.59. The van der Waals surface area contributed by atoms with Crippen LogP contribution in [0.5, 0.6) is 0 Å². The van der Waals surface area contributed by atoms with Gasteiger partial charge in [-0.2, -0.15) is 0 Å². The first-order chi connectivity index (χ1) is 10.1. The minimum absolute atomic E-state index is 0.0501. The Morgan fingerprint density at radius 3 is 2.62 bits per heavy atom. The summed E-state index contributed by atoms with van der Waals surface area (Å²) in [6.07, 6.45) is 8.32. The van der Waals surface area contributed by atoms with Crippen molar-refractivity contribution < 1.29 is 14.3 Å². The molecule has 0 radical (unpaired) electrons. The van der Waals surface area contributed by atoms with Gasteiger partial charge in [0, 0.05) is 19.2 Å². The maximum absolute atomic E-state index is 11.9.